The summed E-state index contributed by atoms with van der Waals surface area (Å²) in [4.78, 5) is 0. The normalized spacial score (nSPS) is 21.1. The molecule has 1 unspecified atom stereocenters. The highest BCUT2D eigenvalue weighted by atomic mass is 14.6. The molecule has 0 spiro atoms. The van der Waals surface area contributed by atoms with Gasteiger partial charge >= 0.3 is 0 Å². The third-order valence-electron chi connectivity index (χ3n) is 2.66. The van der Waals surface area contributed by atoms with Gasteiger partial charge in [-0.05, 0) is 43.4 Å². The van der Waals surface area contributed by atoms with Gasteiger partial charge in [0, 0.05) is 6.04 Å². The Bertz CT molecular complexity index is 315. The molecule has 1 aromatic carbocycles. The zero-order valence-electron chi connectivity index (χ0n) is 7.72. The molecule has 1 aromatic rings. The number of fused-ring (bicyclic) bond motifs is 1. The van der Waals surface area contributed by atoms with E-state index in [0.29, 0.717) is 6.04 Å². The number of rotatable bonds is 0. The zero-order chi connectivity index (χ0) is 8.72. The maximum Gasteiger partial charge on any atom is 0.0120 e. The first-order valence-electron chi connectivity index (χ1n) is 4.51. The van der Waals surface area contributed by atoms with E-state index in [1.165, 1.54) is 22.3 Å². The predicted molar refractivity (Wildman–Crippen MR) is 51.3 cm³/mol. The van der Waals surface area contributed by atoms with Crippen molar-refractivity contribution in [2.24, 2.45) is 5.73 Å². The van der Waals surface area contributed by atoms with Crippen molar-refractivity contribution in [2.75, 3.05) is 0 Å². The second kappa shape index (κ2) is 2.60. The number of hydrogen-bond acceptors (Lipinski definition) is 1. The number of benzene rings is 1. The van der Waals surface area contributed by atoms with Crippen molar-refractivity contribution in [3.63, 3.8) is 0 Å². The van der Waals surface area contributed by atoms with Gasteiger partial charge < -0.3 is 5.73 Å². The van der Waals surface area contributed by atoms with Crippen LogP contribution in [0.1, 0.15) is 22.3 Å². The lowest BCUT2D eigenvalue weighted by Crippen LogP contribution is -2.19. The van der Waals surface area contributed by atoms with Crippen LogP contribution < -0.4 is 5.73 Å². The van der Waals surface area contributed by atoms with Crippen LogP contribution in [0, 0.1) is 13.8 Å². The van der Waals surface area contributed by atoms with Crippen molar-refractivity contribution in [3.05, 3.63) is 34.4 Å². The Labute approximate surface area is 73.6 Å². The smallest absolute Gasteiger partial charge is 0.0120 e. The lowest BCUT2D eigenvalue weighted by molar-refractivity contribution is 0.720. The number of aryl methyl sites for hydroxylation is 2. The third-order valence-corrected chi connectivity index (χ3v) is 2.66. The lowest BCUT2D eigenvalue weighted by atomic mass is 10.0. The Morgan fingerprint density at radius 1 is 1.25 bits per heavy atom. The summed E-state index contributed by atoms with van der Waals surface area (Å²) in [6.45, 7) is 4.33. The molecule has 0 saturated carbocycles. The summed E-state index contributed by atoms with van der Waals surface area (Å²) in [6.07, 6.45) is 2.14. The van der Waals surface area contributed by atoms with E-state index in [9.17, 15) is 0 Å². The van der Waals surface area contributed by atoms with E-state index in [-0.39, 0.29) is 0 Å². The van der Waals surface area contributed by atoms with Crippen LogP contribution in [0.2, 0.25) is 0 Å². The highest BCUT2D eigenvalue weighted by Gasteiger charge is 2.19. The maximum atomic E-state index is 5.90. The first-order valence-corrected chi connectivity index (χ1v) is 4.51. The van der Waals surface area contributed by atoms with Gasteiger partial charge in [0.25, 0.3) is 0 Å². The van der Waals surface area contributed by atoms with E-state index in [4.69, 9.17) is 5.73 Å². The number of hydrogen-bond donors (Lipinski definition) is 1. The molecule has 0 aromatic heterocycles. The topological polar surface area (TPSA) is 26.0 Å². The summed E-state index contributed by atoms with van der Waals surface area (Å²) >= 11 is 0. The Hall–Kier alpha value is -0.820. The minimum Gasteiger partial charge on any atom is -0.327 e. The zero-order valence-corrected chi connectivity index (χ0v) is 7.72. The molecule has 0 bridgehead atoms. The van der Waals surface area contributed by atoms with Gasteiger partial charge in [-0.25, -0.2) is 0 Å². The Balaban J connectivity index is 2.52. The van der Waals surface area contributed by atoms with Crippen molar-refractivity contribution < 1.29 is 0 Å². The van der Waals surface area contributed by atoms with Crippen LogP contribution in [0.4, 0.5) is 0 Å². The summed E-state index contributed by atoms with van der Waals surface area (Å²) in [6, 6.07) is 4.88. The van der Waals surface area contributed by atoms with Gasteiger partial charge in [0.15, 0.2) is 0 Å². The average molecular weight is 161 g/mol. The molecule has 0 saturated heterocycles. The van der Waals surface area contributed by atoms with Gasteiger partial charge in [-0.3, -0.25) is 0 Å². The van der Waals surface area contributed by atoms with Gasteiger partial charge in [0.1, 0.15) is 0 Å². The summed E-state index contributed by atoms with van der Waals surface area (Å²) in [5, 5.41) is 0. The van der Waals surface area contributed by atoms with Gasteiger partial charge in [-0.15, -0.1) is 0 Å². The average Bonchev–Trinajstić information content (AvgIpc) is 2.29. The van der Waals surface area contributed by atoms with E-state index >= 15 is 0 Å². The monoisotopic (exact) mass is 161 g/mol. The molecule has 1 aliphatic carbocycles. The predicted octanol–water partition coefficient (Wildman–Crippen LogP) is 1.73. The van der Waals surface area contributed by atoms with Gasteiger partial charge in [0.2, 0.25) is 0 Å². The fourth-order valence-electron chi connectivity index (χ4n) is 2.18. The maximum absolute atomic E-state index is 5.90. The summed E-state index contributed by atoms with van der Waals surface area (Å²) in [7, 11) is 0. The van der Waals surface area contributed by atoms with E-state index in [2.05, 4.69) is 26.0 Å². The molecule has 2 rings (SSSR count). The van der Waals surface area contributed by atoms with Crippen LogP contribution in [0.25, 0.3) is 0 Å². The van der Waals surface area contributed by atoms with Crippen molar-refractivity contribution in [1.29, 1.82) is 0 Å². The number of nitrogens with two attached hydrogens (primary N) is 1. The highest BCUT2D eigenvalue weighted by Crippen LogP contribution is 2.25. The summed E-state index contributed by atoms with van der Waals surface area (Å²) in [5.41, 5.74) is 11.6. The molecule has 1 nitrogen and oxygen atoms in total. The third kappa shape index (κ3) is 1.14. The molecule has 1 atom stereocenters. The Kier molecular flexibility index (Phi) is 1.69. The van der Waals surface area contributed by atoms with Crippen LogP contribution in [-0.2, 0) is 12.8 Å². The molecule has 1 heteroatoms. The fraction of sp³-hybridized carbons (Fsp3) is 0.455. The van der Waals surface area contributed by atoms with E-state index in [0.717, 1.165) is 12.8 Å². The van der Waals surface area contributed by atoms with E-state index < -0.39 is 0 Å². The molecule has 64 valence electrons. The van der Waals surface area contributed by atoms with Crippen LogP contribution in [0.3, 0.4) is 0 Å². The van der Waals surface area contributed by atoms with Crippen LogP contribution in [0.5, 0.6) is 0 Å². The largest absolute Gasteiger partial charge is 0.327 e. The molecule has 1 aliphatic rings. The highest BCUT2D eigenvalue weighted by molar-refractivity contribution is 5.42. The second-order valence-corrected chi connectivity index (χ2v) is 3.89. The van der Waals surface area contributed by atoms with Crippen molar-refractivity contribution in [3.8, 4) is 0 Å². The van der Waals surface area contributed by atoms with Gasteiger partial charge in [-0.1, -0.05) is 17.7 Å². The second-order valence-electron chi connectivity index (χ2n) is 3.89. The van der Waals surface area contributed by atoms with Gasteiger partial charge in [-0.2, -0.15) is 0 Å². The lowest BCUT2D eigenvalue weighted by Gasteiger charge is -2.04. The van der Waals surface area contributed by atoms with E-state index in [1.54, 1.807) is 0 Å². The molecule has 12 heavy (non-hydrogen) atoms. The summed E-state index contributed by atoms with van der Waals surface area (Å²) < 4.78 is 0. The summed E-state index contributed by atoms with van der Waals surface area (Å²) in [5.74, 6) is 0. The molecule has 0 radical (unpaired) electrons. The molecular formula is C11H15N. The molecule has 0 fully saturated rings. The van der Waals surface area contributed by atoms with E-state index in [1.807, 2.05) is 0 Å². The quantitative estimate of drug-likeness (QED) is 0.616. The minimum atomic E-state index is 0.362. The molecule has 2 N–H and O–H groups in total. The van der Waals surface area contributed by atoms with Crippen LogP contribution >= 0.6 is 0 Å². The standard InChI is InChI=1S/C11H15N/c1-7-3-8(2)11-6-10(12)5-9(11)4-7/h3-4,10H,5-6,12H2,1-2H3. The van der Waals surface area contributed by atoms with Gasteiger partial charge in [0.05, 0.1) is 0 Å². The van der Waals surface area contributed by atoms with Crippen LogP contribution in [-0.4, -0.2) is 6.04 Å². The first-order chi connectivity index (χ1) is 5.66. The van der Waals surface area contributed by atoms with Crippen LogP contribution in [0.15, 0.2) is 12.1 Å². The Morgan fingerprint density at radius 3 is 2.75 bits per heavy atom. The van der Waals surface area contributed by atoms with Crippen molar-refractivity contribution in [2.45, 2.75) is 32.7 Å². The molecule has 0 aliphatic heterocycles. The van der Waals surface area contributed by atoms with Crippen molar-refractivity contribution >= 4 is 0 Å². The molecule has 0 amide bonds. The Morgan fingerprint density at radius 2 is 2.00 bits per heavy atom. The molecular weight excluding hydrogens is 146 g/mol. The minimum absolute atomic E-state index is 0.362. The fourth-order valence-corrected chi connectivity index (χ4v) is 2.18. The first kappa shape index (κ1) is 7.81. The molecule has 0 heterocycles. The SMILES string of the molecule is Cc1cc(C)c2c(c1)CC(N)C2. The van der Waals surface area contributed by atoms with Crippen molar-refractivity contribution in [1.82, 2.24) is 0 Å².